The van der Waals surface area contributed by atoms with Gasteiger partial charge in [-0.3, -0.25) is 0 Å². The van der Waals surface area contributed by atoms with E-state index in [0.29, 0.717) is 5.82 Å². The summed E-state index contributed by atoms with van der Waals surface area (Å²) >= 11 is 0. The Morgan fingerprint density at radius 1 is 1.05 bits per heavy atom. The van der Waals surface area contributed by atoms with Gasteiger partial charge >= 0.3 is 0 Å². The number of hydrogen-bond acceptors (Lipinski definition) is 3. The maximum atomic E-state index is 6.09. The third-order valence-electron chi connectivity index (χ3n) is 3.51. The molecule has 0 atom stereocenters. The highest BCUT2D eigenvalue weighted by Crippen LogP contribution is 2.29. The Balaban J connectivity index is 2.18. The van der Waals surface area contributed by atoms with Gasteiger partial charge in [0.15, 0.2) is 5.82 Å². The number of anilines is 1. The first-order valence-electron chi connectivity index (χ1n) is 6.70. The van der Waals surface area contributed by atoms with Crippen LogP contribution in [-0.4, -0.2) is 9.66 Å². The second-order valence-corrected chi connectivity index (χ2v) is 5.29. The normalized spacial score (nSPS) is 11.3. The molecule has 4 nitrogen and oxygen atoms in total. The second-order valence-electron chi connectivity index (χ2n) is 5.29. The van der Waals surface area contributed by atoms with Crippen molar-refractivity contribution in [2.24, 2.45) is 0 Å². The van der Waals surface area contributed by atoms with Crippen LogP contribution in [0, 0.1) is 0 Å². The molecule has 3 rings (SSSR count). The number of hydrogen-bond donors (Lipinski definition) is 2. The summed E-state index contributed by atoms with van der Waals surface area (Å²) < 4.78 is 1.48. The molecule has 0 amide bonds. The minimum absolute atomic E-state index is 0.233. The maximum Gasteiger partial charge on any atom is 0.150 e. The molecule has 1 aromatic heterocycles. The van der Waals surface area contributed by atoms with Gasteiger partial charge in [-0.15, -0.1) is 0 Å². The van der Waals surface area contributed by atoms with Crippen LogP contribution in [0.25, 0.3) is 22.0 Å². The Hall–Kier alpha value is -2.49. The van der Waals surface area contributed by atoms with E-state index in [1.807, 2.05) is 18.2 Å². The number of benzene rings is 2. The zero-order chi connectivity index (χ0) is 14.3. The number of aromatic nitrogens is 2. The molecule has 0 aliphatic carbocycles. The van der Waals surface area contributed by atoms with Gasteiger partial charge in [0.2, 0.25) is 0 Å². The highest BCUT2D eigenvalue weighted by molar-refractivity contribution is 5.88. The van der Waals surface area contributed by atoms with E-state index in [2.05, 4.69) is 43.1 Å². The Labute approximate surface area is 118 Å². The van der Waals surface area contributed by atoms with E-state index in [9.17, 15) is 0 Å². The first kappa shape index (κ1) is 12.5. The molecule has 20 heavy (non-hydrogen) atoms. The summed E-state index contributed by atoms with van der Waals surface area (Å²) in [6.07, 6.45) is 0. The minimum atomic E-state index is 0.233. The van der Waals surface area contributed by atoms with Gasteiger partial charge in [0.1, 0.15) is 11.5 Å². The average molecular weight is 266 g/mol. The van der Waals surface area contributed by atoms with Crippen LogP contribution in [0.1, 0.15) is 25.6 Å². The standard InChI is InChI=1S/C16H18N4/c1-10(2)16-19-14(15(17)20(16)18)13-8-7-11-5-3-4-6-12(11)9-13/h3-10H,17-18H2,1-2H3. The molecule has 4 N–H and O–H groups in total. The van der Waals surface area contributed by atoms with Crippen molar-refractivity contribution < 1.29 is 0 Å². The van der Waals surface area contributed by atoms with Crippen molar-refractivity contribution in [1.29, 1.82) is 0 Å². The quantitative estimate of drug-likeness (QED) is 0.700. The second kappa shape index (κ2) is 4.56. The monoisotopic (exact) mass is 266 g/mol. The van der Waals surface area contributed by atoms with Gasteiger partial charge in [0.25, 0.3) is 0 Å². The molecule has 0 saturated heterocycles. The van der Waals surface area contributed by atoms with Crippen molar-refractivity contribution in [3.05, 3.63) is 48.3 Å². The van der Waals surface area contributed by atoms with E-state index in [0.717, 1.165) is 17.1 Å². The highest BCUT2D eigenvalue weighted by atomic mass is 15.4. The van der Waals surface area contributed by atoms with Gasteiger partial charge in [-0.25, -0.2) is 9.66 Å². The van der Waals surface area contributed by atoms with Crippen LogP contribution < -0.4 is 11.6 Å². The summed E-state index contributed by atoms with van der Waals surface area (Å²) in [4.78, 5) is 4.60. The number of nitrogen functional groups attached to an aromatic ring is 2. The molecule has 0 unspecified atom stereocenters. The smallest absolute Gasteiger partial charge is 0.150 e. The third-order valence-corrected chi connectivity index (χ3v) is 3.51. The molecule has 1 heterocycles. The molecule has 0 bridgehead atoms. The number of imidazole rings is 1. The largest absolute Gasteiger partial charge is 0.382 e. The van der Waals surface area contributed by atoms with E-state index in [1.54, 1.807) is 0 Å². The van der Waals surface area contributed by atoms with E-state index < -0.39 is 0 Å². The van der Waals surface area contributed by atoms with Crippen molar-refractivity contribution >= 4 is 16.6 Å². The van der Waals surface area contributed by atoms with Gasteiger partial charge in [-0.1, -0.05) is 50.2 Å². The molecule has 0 spiro atoms. The first-order chi connectivity index (χ1) is 9.58. The molecular weight excluding hydrogens is 248 g/mol. The lowest BCUT2D eigenvalue weighted by Gasteiger charge is -2.04. The highest BCUT2D eigenvalue weighted by Gasteiger charge is 2.16. The molecule has 0 aliphatic rings. The minimum Gasteiger partial charge on any atom is -0.382 e. The van der Waals surface area contributed by atoms with Crippen molar-refractivity contribution in [3.8, 4) is 11.3 Å². The number of rotatable bonds is 2. The van der Waals surface area contributed by atoms with E-state index in [1.165, 1.54) is 15.4 Å². The number of nitrogens with zero attached hydrogens (tertiary/aromatic N) is 2. The van der Waals surface area contributed by atoms with Gasteiger partial charge in [-0.2, -0.15) is 0 Å². The molecule has 0 radical (unpaired) electrons. The van der Waals surface area contributed by atoms with E-state index in [-0.39, 0.29) is 5.92 Å². The lowest BCUT2D eigenvalue weighted by molar-refractivity contribution is 0.739. The summed E-state index contributed by atoms with van der Waals surface area (Å²) in [5, 5.41) is 2.37. The van der Waals surface area contributed by atoms with Crippen LogP contribution in [0.15, 0.2) is 42.5 Å². The average Bonchev–Trinajstić information content (AvgIpc) is 2.75. The van der Waals surface area contributed by atoms with Crippen LogP contribution in [-0.2, 0) is 0 Å². The summed E-state index contributed by atoms with van der Waals surface area (Å²) in [5.74, 6) is 7.52. The fraction of sp³-hybridized carbons (Fsp3) is 0.188. The summed E-state index contributed by atoms with van der Waals surface area (Å²) in [5.41, 5.74) is 7.84. The van der Waals surface area contributed by atoms with Crippen molar-refractivity contribution in [3.63, 3.8) is 0 Å². The Morgan fingerprint density at radius 3 is 2.40 bits per heavy atom. The topological polar surface area (TPSA) is 69.9 Å². The molecule has 0 aliphatic heterocycles. The van der Waals surface area contributed by atoms with Gasteiger partial charge < -0.3 is 11.6 Å². The van der Waals surface area contributed by atoms with Crippen molar-refractivity contribution in [1.82, 2.24) is 9.66 Å². The van der Waals surface area contributed by atoms with E-state index in [4.69, 9.17) is 11.6 Å². The predicted molar refractivity (Wildman–Crippen MR) is 83.8 cm³/mol. The lowest BCUT2D eigenvalue weighted by Crippen LogP contribution is -2.16. The van der Waals surface area contributed by atoms with Crippen molar-refractivity contribution in [2.75, 3.05) is 11.6 Å². The summed E-state index contributed by atoms with van der Waals surface area (Å²) in [7, 11) is 0. The first-order valence-corrected chi connectivity index (χ1v) is 6.70. The van der Waals surface area contributed by atoms with Crippen LogP contribution in [0.4, 0.5) is 5.82 Å². The zero-order valence-corrected chi connectivity index (χ0v) is 11.7. The number of nitrogens with two attached hydrogens (primary N) is 2. The molecule has 4 heteroatoms. The molecular formula is C16H18N4. The summed E-state index contributed by atoms with van der Waals surface area (Å²) in [6.45, 7) is 4.10. The molecule has 102 valence electrons. The lowest BCUT2D eigenvalue weighted by atomic mass is 10.1. The van der Waals surface area contributed by atoms with Gasteiger partial charge in [0.05, 0.1) is 0 Å². The maximum absolute atomic E-state index is 6.09. The fourth-order valence-corrected chi connectivity index (χ4v) is 2.42. The molecule has 3 aromatic rings. The zero-order valence-electron chi connectivity index (χ0n) is 11.7. The van der Waals surface area contributed by atoms with Crippen LogP contribution in [0.5, 0.6) is 0 Å². The SMILES string of the molecule is CC(C)c1nc(-c2ccc3ccccc3c2)c(N)n1N. The van der Waals surface area contributed by atoms with Crippen LogP contribution >= 0.6 is 0 Å². The van der Waals surface area contributed by atoms with E-state index >= 15 is 0 Å². The predicted octanol–water partition coefficient (Wildman–Crippen LogP) is 3.12. The van der Waals surface area contributed by atoms with Crippen LogP contribution in [0.3, 0.4) is 0 Å². The Kier molecular flexibility index (Phi) is 2.86. The summed E-state index contributed by atoms with van der Waals surface area (Å²) in [6, 6.07) is 14.4. The van der Waals surface area contributed by atoms with Gasteiger partial charge in [0, 0.05) is 11.5 Å². The molecule has 0 fully saturated rings. The molecule has 0 saturated carbocycles. The fourth-order valence-electron chi connectivity index (χ4n) is 2.42. The number of fused-ring (bicyclic) bond motifs is 1. The Bertz CT molecular complexity index is 771. The third kappa shape index (κ3) is 1.90. The van der Waals surface area contributed by atoms with Crippen molar-refractivity contribution in [2.45, 2.75) is 19.8 Å². The Morgan fingerprint density at radius 2 is 1.75 bits per heavy atom. The molecule has 2 aromatic carbocycles. The van der Waals surface area contributed by atoms with Crippen LogP contribution in [0.2, 0.25) is 0 Å². The van der Waals surface area contributed by atoms with Gasteiger partial charge in [-0.05, 0) is 16.8 Å².